The van der Waals surface area contributed by atoms with E-state index in [4.69, 9.17) is 9.47 Å². The second kappa shape index (κ2) is 21.0. The number of H-pyrrole nitrogens is 1. The first kappa shape index (κ1) is 52.7. The Morgan fingerprint density at radius 1 is 0.961 bits per heavy atom. The number of hydrogen-bond acceptors (Lipinski definition) is 12. The molecule has 3 aliphatic heterocycles. The van der Waals surface area contributed by atoms with E-state index < -0.39 is 60.2 Å². The first-order chi connectivity index (χ1) is 36.3. The molecular weight excluding hydrogens is 1010 g/mol. The predicted octanol–water partition coefficient (Wildman–Crippen LogP) is 10.9. The van der Waals surface area contributed by atoms with Crippen LogP contribution < -0.4 is 19.7 Å². The van der Waals surface area contributed by atoms with E-state index in [-0.39, 0.29) is 78.9 Å². The zero-order chi connectivity index (χ0) is 53.6. The number of ether oxygens (including phenoxy) is 2. The summed E-state index contributed by atoms with van der Waals surface area (Å²) in [5, 5.41) is 15.6. The summed E-state index contributed by atoms with van der Waals surface area (Å²) < 4.78 is 113. The number of piperidine rings is 1. The highest BCUT2D eigenvalue weighted by molar-refractivity contribution is 7.90. The second-order valence-corrected chi connectivity index (χ2v) is 22.7. The van der Waals surface area contributed by atoms with E-state index in [0.29, 0.717) is 37.2 Å². The summed E-state index contributed by atoms with van der Waals surface area (Å²) in [7, 11) is -4.82. The van der Waals surface area contributed by atoms with Crippen molar-refractivity contribution in [1.29, 1.82) is 0 Å². The van der Waals surface area contributed by atoms with Gasteiger partial charge in [0.05, 0.1) is 32.8 Å². The molecule has 1 spiro atoms. The normalized spacial score (nSPS) is 19.4. The summed E-state index contributed by atoms with van der Waals surface area (Å²) in [6.07, 6.45) is 2.26. The Kier molecular flexibility index (Phi) is 14.6. The van der Waals surface area contributed by atoms with E-state index in [1.165, 1.54) is 23.4 Å². The number of aromatic nitrogens is 2. The summed E-state index contributed by atoms with van der Waals surface area (Å²) in [6, 6.07) is 22.9. The third kappa shape index (κ3) is 11.2. The molecule has 21 heteroatoms. The number of pyridine rings is 1. The van der Waals surface area contributed by atoms with Gasteiger partial charge in [0.1, 0.15) is 34.3 Å². The van der Waals surface area contributed by atoms with Crippen molar-refractivity contribution in [2.45, 2.75) is 93.7 Å². The second-order valence-electron chi connectivity index (χ2n) is 21.0. The highest BCUT2D eigenvalue weighted by Gasteiger charge is 2.50. The van der Waals surface area contributed by atoms with Crippen LogP contribution in [0.1, 0.15) is 96.9 Å². The van der Waals surface area contributed by atoms with E-state index in [0.717, 1.165) is 80.7 Å². The van der Waals surface area contributed by atoms with Gasteiger partial charge < -0.3 is 24.7 Å². The molecule has 6 aromatic rings. The number of sulfonamides is 1. The first-order valence-corrected chi connectivity index (χ1v) is 27.0. The number of nitro benzene ring substituents is 1. The number of carbonyl (C=O) groups is 1. The van der Waals surface area contributed by atoms with Crippen LogP contribution in [0.25, 0.3) is 11.0 Å². The smallest absolute Gasteiger partial charge is 0.416 e. The zero-order valence-electron chi connectivity index (χ0n) is 42.0. The van der Waals surface area contributed by atoms with Crippen molar-refractivity contribution in [2.75, 3.05) is 62.7 Å². The molecule has 0 bridgehead atoms. The summed E-state index contributed by atoms with van der Waals surface area (Å²) in [5.74, 6) is -1.74. The third-order valence-electron chi connectivity index (χ3n) is 15.7. The number of nitrogens with one attached hydrogen (secondary N) is 3. The van der Waals surface area contributed by atoms with Crippen molar-refractivity contribution in [3.8, 4) is 11.5 Å². The fourth-order valence-electron chi connectivity index (χ4n) is 11.4. The molecular formula is C55H59F5N8O7S. The van der Waals surface area contributed by atoms with Crippen molar-refractivity contribution in [2.24, 2.45) is 5.41 Å². The van der Waals surface area contributed by atoms with Gasteiger partial charge >= 0.3 is 6.18 Å². The molecule has 5 heterocycles. The fraction of sp³-hybridized carbons (Fsp3) is 0.418. The van der Waals surface area contributed by atoms with Crippen molar-refractivity contribution < 1.29 is 49.6 Å². The molecule has 3 saturated heterocycles. The van der Waals surface area contributed by atoms with Gasteiger partial charge in [-0.25, -0.2) is 26.9 Å². The number of amides is 1. The number of anilines is 2. The van der Waals surface area contributed by atoms with Crippen molar-refractivity contribution in [3.05, 3.63) is 147 Å². The quantitative estimate of drug-likeness (QED) is 0.0505. The number of fused-ring (bicyclic) bond motifs is 1. The molecule has 4 aromatic carbocycles. The Morgan fingerprint density at radius 2 is 1.70 bits per heavy atom. The van der Waals surface area contributed by atoms with Crippen LogP contribution >= 0.6 is 0 Å². The van der Waals surface area contributed by atoms with Crippen LogP contribution in [0.4, 0.5) is 39.0 Å². The number of piperazine rings is 1. The number of hydrogen-bond donors (Lipinski definition) is 3. The maximum atomic E-state index is 16.6. The van der Waals surface area contributed by atoms with E-state index in [9.17, 15) is 36.5 Å². The molecule has 1 unspecified atom stereocenters. The van der Waals surface area contributed by atoms with Gasteiger partial charge in [-0.2, -0.15) is 13.2 Å². The first-order valence-electron chi connectivity index (χ1n) is 25.5. The number of nitro groups is 1. The standard InChI is InChI=1S/C55H59F5N8O7S/c1-35(2)42-5-3-4-6-43(42)49-33-65(32-36-7-9-38(10-8-36)55(58,59)60)21-22-67(49)39-29-53(30-39)14-19-66(20-15-53)47-28-50(75-40-25-37-13-18-61-51(37)62-31-40)44(27-45(47)56)52(69)64-76(72,73)41-11-12-46(48(26-41)68(70)71)63-34-54(57)16-23-74-24-17-54/h3-13,18,25-28,31,35,39,49,63H,14-17,19-24,29-30,32-34H2,1-2H3,(H,61,62)(H,64,69). The predicted molar refractivity (Wildman–Crippen MR) is 276 cm³/mol. The number of halogens is 5. The lowest BCUT2D eigenvalue weighted by Crippen LogP contribution is -2.60. The number of benzene rings is 4. The zero-order valence-corrected chi connectivity index (χ0v) is 42.9. The van der Waals surface area contributed by atoms with Gasteiger partial charge in [0.25, 0.3) is 21.6 Å². The topological polar surface area (TPSA) is 175 Å². The largest absolute Gasteiger partial charge is 0.455 e. The molecule has 402 valence electrons. The number of alkyl halides is 4. The molecule has 2 aromatic heterocycles. The van der Waals surface area contributed by atoms with Crippen LogP contribution in [0.5, 0.6) is 11.5 Å². The maximum absolute atomic E-state index is 16.6. The fourth-order valence-corrected chi connectivity index (χ4v) is 12.4. The summed E-state index contributed by atoms with van der Waals surface area (Å²) in [4.78, 5) is 38.9. The summed E-state index contributed by atoms with van der Waals surface area (Å²) in [6.45, 7) is 8.24. The van der Waals surface area contributed by atoms with Gasteiger partial charge in [-0.05, 0) is 96.2 Å². The van der Waals surface area contributed by atoms with Crippen LogP contribution in [-0.2, 0) is 27.5 Å². The van der Waals surface area contributed by atoms with Gasteiger partial charge in [0.2, 0.25) is 0 Å². The minimum atomic E-state index is -4.82. The molecule has 10 rings (SSSR count). The van der Waals surface area contributed by atoms with E-state index >= 15 is 8.78 Å². The Labute approximate surface area is 437 Å². The van der Waals surface area contributed by atoms with Gasteiger partial charge in [-0.3, -0.25) is 24.7 Å². The lowest BCUT2D eigenvalue weighted by atomic mass is 9.59. The molecule has 1 amide bonds. The van der Waals surface area contributed by atoms with Crippen LogP contribution in [-0.4, -0.2) is 103 Å². The Balaban J connectivity index is 0.848. The molecule has 76 heavy (non-hydrogen) atoms. The van der Waals surface area contributed by atoms with Gasteiger partial charge in [0, 0.05) is 108 Å². The molecule has 4 aliphatic rings. The number of carbonyl (C=O) groups excluding carboxylic acids is 1. The Bertz CT molecular complexity index is 3230. The van der Waals surface area contributed by atoms with E-state index in [2.05, 4.69) is 63.2 Å². The number of rotatable bonds is 15. The molecule has 1 atom stereocenters. The minimum Gasteiger partial charge on any atom is -0.455 e. The van der Waals surface area contributed by atoms with Crippen LogP contribution in [0.15, 0.2) is 108 Å². The third-order valence-corrected chi connectivity index (χ3v) is 17.1. The average molecular weight is 1070 g/mol. The molecule has 15 nitrogen and oxygen atoms in total. The molecule has 1 aliphatic carbocycles. The van der Waals surface area contributed by atoms with Gasteiger partial charge in [0.15, 0.2) is 0 Å². The van der Waals surface area contributed by atoms with Crippen LogP contribution in [0.2, 0.25) is 0 Å². The van der Waals surface area contributed by atoms with Crippen LogP contribution in [0.3, 0.4) is 0 Å². The van der Waals surface area contributed by atoms with E-state index in [1.807, 2.05) is 9.62 Å². The SMILES string of the molecule is CC(C)c1ccccc1C1CN(Cc2ccc(C(F)(F)F)cc2)CCN1C1CC2(CCN(c3cc(Oc4cnc5[nH]ccc5c4)c(C(=O)NS(=O)(=O)c4ccc(NCC5(F)CCOCC5)c([N+](=O)[O-])c4)cc3F)CC2)C1. The lowest BCUT2D eigenvalue weighted by molar-refractivity contribution is -0.384. The summed E-state index contributed by atoms with van der Waals surface area (Å²) >= 11 is 0. The van der Waals surface area contributed by atoms with Crippen molar-refractivity contribution in [1.82, 2.24) is 24.5 Å². The number of aromatic amines is 1. The summed E-state index contributed by atoms with van der Waals surface area (Å²) in [5.41, 5.74) is 0.470. The van der Waals surface area contributed by atoms with Crippen LogP contribution in [0, 0.1) is 21.3 Å². The lowest BCUT2D eigenvalue weighted by Gasteiger charge is -2.58. The van der Waals surface area contributed by atoms with Gasteiger partial charge in [-0.15, -0.1) is 0 Å². The average Bonchev–Trinajstić information content (AvgIpc) is 3.92. The highest BCUT2D eigenvalue weighted by atomic mass is 32.2. The minimum absolute atomic E-state index is 0.00580. The van der Waals surface area contributed by atoms with Gasteiger partial charge in [-0.1, -0.05) is 50.2 Å². The van der Waals surface area contributed by atoms with Crippen molar-refractivity contribution in [3.63, 3.8) is 0 Å². The monoisotopic (exact) mass is 1070 g/mol. The molecule has 1 saturated carbocycles. The molecule has 3 N–H and O–H groups in total. The van der Waals surface area contributed by atoms with Crippen molar-refractivity contribution >= 4 is 44.0 Å². The molecule has 4 fully saturated rings. The maximum Gasteiger partial charge on any atom is 0.416 e. The highest BCUT2D eigenvalue weighted by Crippen LogP contribution is 2.54. The Morgan fingerprint density at radius 3 is 2.41 bits per heavy atom. The van der Waals surface area contributed by atoms with E-state index in [1.54, 1.807) is 30.5 Å². The Hall–Kier alpha value is -6.68. The number of nitrogens with zero attached hydrogens (tertiary/aromatic N) is 5. The molecule has 0 radical (unpaired) electrons.